The normalized spacial score (nSPS) is 14.5. The zero-order valence-corrected chi connectivity index (χ0v) is 24.1. The third-order valence-electron chi connectivity index (χ3n) is 6.80. The number of carbonyl (C=O) groups excluding carboxylic acids is 1. The lowest BCUT2D eigenvalue weighted by Crippen LogP contribution is -2.43. The van der Waals surface area contributed by atoms with E-state index in [-0.39, 0.29) is 17.8 Å². The highest BCUT2D eigenvalue weighted by atomic mass is 32.2. The lowest BCUT2D eigenvalue weighted by Gasteiger charge is -2.28. The zero-order chi connectivity index (χ0) is 28.8. The zero-order valence-electron chi connectivity index (χ0n) is 23.3. The number of nitrogens with zero attached hydrogens (tertiary/aromatic N) is 2. The quantitative estimate of drug-likeness (QED) is 0.359. The minimum Gasteiger partial charge on any atom is -0.422 e. The van der Waals surface area contributed by atoms with Crippen LogP contribution < -0.4 is 20.4 Å². The fraction of sp³-hybridized carbons (Fsp3) is 0.448. The molecule has 1 aliphatic heterocycles. The number of amides is 1. The highest BCUT2D eigenvalue weighted by Crippen LogP contribution is 2.31. The van der Waals surface area contributed by atoms with Gasteiger partial charge in [0.2, 0.25) is 0 Å². The maximum atomic E-state index is 15.2. The van der Waals surface area contributed by atoms with E-state index in [9.17, 15) is 13.8 Å². The summed E-state index contributed by atoms with van der Waals surface area (Å²) in [5, 5.41) is 3.77. The molecule has 214 valence electrons. The molecule has 1 fully saturated rings. The number of rotatable bonds is 10. The average molecular weight is 571 g/mol. The number of hydrogen-bond donors (Lipinski definition) is 2. The van der Waals surface area contributed by atoms with Gasteiger partial charge in [-0.3, -0.25) is 9.62 Å². The number of nitrogens with one attached hydrogen (secondary N) is 2. The Bertz CT molecular complexity index is 1450. The van der Waals surface area contributed by atoms with E-state index in [1.165, 1.54) is 31.1 Å². The summed E-state index contributed by atoms with van der Waals surface area (Å²) < 4.78 is 41.4. The van der Waals surface area contributed by atoms with Gasteiger partial charge in [0.05, 0.1) is 0 Å². The molecule has 1 aromatic heterocycles. The molecular formula is C29H35FN4O5S. The number of fused-ring (bicyclic) bond motifs is 1. The van der Waals surface area contributed by atoms with Gasteiger partial charge in [0, 0.05) is 76.0 Å². The van der Waals surface area contributed by atoms with Gasteiger partial charge >= 0.3 is 11.7 Å². The van der Waals surface area contributed by atoms with Crippen LogP contribution in [0.1, 0.15) is 42.5 Å². The summed E-state index contributed by atoms with van der Waals surface area (Å²) in [5.41, 5.74) is 3.03. The first kappa shape index (κ1) is 29.5. The lowest BCUT2D eigenvalue weighted by atomic mass is 9.93. The number of ether oxygens (including phenoxy) is 1. The van der Waals surface area contributed by atoms with E-state index in [1.807, 2.05) is 13.8 Å². The molecule has 2 N–H and O–H groups in total. The second-order valence-electron chi connectivity index (χ2n) is 9.87. The number of hydrogen-bond acceptors (Lipinski definition) is 7. The van der Waals surface area contributed by atoms with Crippen molar-refractivity contribution in [3.8, 4) is 5.75 Å². The maximum Gasteiger partial charge on any atom is 0.414 e. The molecule has 4 rings (SSSR count). The van der Waals surface area contributed by atoms with Gasteiger partial charge in [-0.05, 0) is 41.3 Å². The largest absolute Gasteiger partial charge is 0.422 e. The molecule has 0 radical (unpaired) electrons. The van der Waals surface area contributed by atoms with E-state index in [1.54, 1.807) is 6.07 Å². The molecule has 1 amide bonds. The third kappa shape index (κ3) is 6.81. The molecule has 9 nitrogen and oxygen atoms in total. The van der Waals surface area contributed by atoms with Gasteiger partial charge in [-0.1, -0.05) is 26.3 Å². The van der Waals surface area contributed by atoms with Crippen molar-refractivity contribution in [2.75, 3.05) is 50.7 Å². The Morgan fingerprint density at radius 1 is 1.23 bits per heavy atom. The van der Waals surface area contributed by atoms with Crippen LogP contribution in [0.2, 0.25) is 0 Å². The van der Waals surface area contributed by atoms with Gasteiger partial charge in [-0.2, -0.15) is 0 Å². The van der Waals surface area contributed by atoms with Gasteiger partial charge in [0.1, 0.15) is 22.3 Å². The minimum absolute atomic E-state index is 0.143. The number of benzene rings is 1. The summed E-state index contributed by atoms with van der Waals surface area (Å²) in [7, 11) is 1.72. The summed E-state index contributed by atoms with van der Waals surface area (Å²) >= 11 is 0. The van der Waals surface area contributed by atoms with Gasteiger partial charge < -0.3 is 19.4 Å². The first-order valence-electron chi connectivity index (χ1n) is 13.4. The molecule has 40 heavy (non-hydrogen) atoms. The van der Waals surface area contributed by atoms with Gasteiger partial charge in [-0.25, -0.2) is 18.2 Å². The van der Waals surface area contributed by atoms with Gasteiger partial charge in [-0.15, -0.1) is 0 Å². The molecule has 1 saturated heterocycles. The van der Waals surface area contributed by atoms with Crippen LogP contribution >= 0.6 is 0 Å². The van der Waals surface area contributed by atoms with E-state index in [0.29, 0.717) is 40.9 Å². The molecule has 3 aromatic rings. The molecule has 1 aliphatic rings. The molecule has 11 heteroatoms. The van der Waals surface area contributed by atoms with Gasteiger partial charge in [0.15, 0.2) is 11.6 Å². The Balaban J connectivity index is 1.84. The Labute approximate surface area is 236 Å². The average Bonchev–Trinajstić information content (AvgIpc) is 2.93. The van der Waals surface area contributed by atoms with Crippen molar-refractivity contribution in [2.45, 2.75) is 39.7 Å². The summed E-state index contributed by atoms with van der Waals surface area (Å²) in [6.07, 6.45) is 1.00. The van der Waals surface area contributed by atoms with Crippen molar-refractivity contribution in [2.24, 2.45) is 0 Å². The summed E-state index contributed by atoms with van der Waals surface area (Å²) in [5.74, 6) is -0.607. The molecule has 1 atom stereocenters. The third-order valence-corrected chi connectivity index (χ3v) is 7.76. The van der Waals surface area contributed by atoms with Crippen LogP contribution in [0.25, 0.3) is 11.0 Å². The summed E-state index contributed by atoms with van der Waals surface area (Å²) in [6, 6.07) is 10.3. The first-order valence-corrected chi connectivity index (χ1v) is 14.7. The van der Waals surface area contributed by atoms with Crippen molar-refractivity contribution in [1.82, 2.24) is 15.1 Å². The number of anilines is 1. The maximum absolute atomic E-state index is 15.2. The van der Waals surface area contributed by atoms with Crippen LogP contribution in [0.5, 0.6) is 5.75 Å². The van der Waals surface area contributed by atoms with Crippen LogP contribution in [-0.2, 0) is 30.4 Å². The molecular weight excluding hydrogens is 535 g/mol. The predicted molar refractivity (Wildman–Crippen MR) is 154 cm³/mol. The van der Waals surface area contributed by atoms with Crippen LogP contribution in [-0.4, -0.2) is 66.1 Å². The highest BCUT2D eigenvalue weighted by Gasteiger charge is 2.23. The van der Waals surface area contributed by atoms with E-state index in [0.717, 1.165) is 43.7 Å². The fourth-order valence-corrected chi connectivity index (χ4v) is 5.24. The topological polar surface area (TPSA) is 104 Å². The van der Waals surface area contributed by atoms with Crippen molar-refractivity contribution < 1.29 is 22.5 Å². The number of piperazine rings is 1. The highest BCUT2D eigenvalue weighted by molar-refractivity contribution is 7.86. The number of carbonyl (C=O) groups is 1. The molecule has 0 spiro atoms. The van der Waals surface area contributed by atoms with E-state index < -0.39 is 28.5 Å². The number of halogens is 1. The van der Waals surface area contributed by atoms with Crippen LogP contribution in [0.15, 0.2) is 27.4 Å². The summed E-state index contributed by atoms with van der Waals surface area (Å²) in [6.45, 7) is 7.45. The Kier molecular flexibility index (Phi) is 9.79. The minimum atomic E-state index is -1.27. The molecule has 2 aromatic carbocycles. The van der Waals surface area contributed by atoms with Crippen molar-refractivity contribution in [3.05, 3.63) is 68.8 Å². The van der Waals surface area contributed by atoms with Crippen molar-refractivity contribution in [3.63, 3.8) is 0 Å². The van der Waals surface area contributed by atoms with E-state index >= 15 is 4.39 Å². The molecule has 0 bridgehead atoms. The molecule has 0 aliphatic carbocycles. The van der Waals surface area contributed by atoms with Crippen LogP contribution in [0.4, 0.5) is 14.9 Å². The van der Waals surface area contributed by atoms with Crippen LogP contribution in [0.3, 0.4) is 0 Å². The molecule has 0 saturated carbocycles. The monoisotopic (exact) mass is 570 g/mol. The molecule has 1 unspecified atom stereocenters. The Hall–Kier alpha value is -3.46. The standard InChI is InChI=1S/C29H35FN4O5S/c1-5-8-20-19(9-7-10-25(20)32-40(37)6-2)15-22-23(18-34-13-11-31-12-14-34)21-16-24(30)27(39-29(36)33(3)4)17-26(21)38-28(22)35/h9,16-17,31-32H,5-6,8,11-15,18H2,1-4H3. The van der Waals surface area contributed by atoms with Gasteiger partial charge in [0.25, 0.3) is 0 Å². The Morgan fingerprint density at radius 2 is 1.98 bits per heavy atom. The first-order chi connectivity index (χ1) is 19.2. The SMILES string of the molecule is CCCc1c(NS(=O)CC)c#ccc1Cc1c(CN2CCNCC2)c2cc(F)c(OC(=O)N(C)C)cc2oc1=O. The summed E-state index contributed by atoms with van der Waals surface area (Å²) in [4.78, 5) is 29.0. The predicted octanol–water partition coefficient (Wildman–Crippen LogP) is 3.64. The van der Waals surface area contributed by atoms with E-state index in [4.69, 9.17) is 9.15 Å². The van der Waals surface area contributed by atoms with Crippen molar-refractivity contribution >= 4 is 33.7 Å². The second-order valence-corrected chi connectivity index (χ2v) is 11.3. The lowest BCUT2D eigenvalue weighted by molar-refractivity contribution is 0.170. The van der Waals surface area contributed by atoms with Crippen LogP contribution in [0, 0.1) is 17.9 Å². The molecule has 2 heterocycles. The van der Waals surface area contributed by atoms with Crippen molar-refractivity contribution in [1.29, 1.82) is 0 Å². The smallest absolute Gasteiger partial charge is 0.414 e. The van der Waals surface area contributed by atoms with E-state index in [2.05, 4.69) is 27.1 Å². The Morgan fingerprint density at radius 3 is 2.65 bits per heavy atom. The fourth-order valence-electron chi connectivity index (χ4n) is 4.69. The second kappa shape index (κ2) is 13.3.